The molecule has 0 saturated heterocycles. The van der Waals surface area contributed by atoms with Crippen LogP contribution in [0.4, 0.5) is 4.39 Å². The van der Waals surface area contributed by atoms with Crippen molar-refractivity contribution in [2.45, 2.75) is 46.7 Å². The highest BCUT2D eigenvalue weighted by Crippen LogP contribution is 2.41. The molecule has 0 radical (unpaired) electrons. The molecule has 1 unspecified atom stereocenters. The van der Waals surface area contributed by atoms with E-state index < -0.39 is 20.8 Å². The molecule has 0 bridgehead atoms. The predicted molar refractivity (Wildman–Crippen MR) is 94.4 cm³/mol. The maximum absolute atomic E-state index is 15.0. The average molecular weight is 361 g/mol. The van der Waals surface area contributed by atoms with Crippen molar-refractivity contribution in [1.82, 2.24) is 0 Å². The zero-order valence-electron chi connectivity index (χ0n) is 14.7. The van der Waals surface area contributed by atoms with Gasteiger partial charge in [0.15, 0.2) is 9.04 Å². The summed E-state index contributed by atoms with van der Waals surface area (Å²) in [7, 11) is -1.25. The highest BCUT2D eigenvalue weighted by atomic mass is 35.5. The molecular weight excluding hydrogens is 335 g/mol. The van der Waals surface area contributed by atoms with Gasteiger partial charge in [-0.3, -0.25) is 0 Å². The Morgan fingerprint density at radius 2 is 1.96 bits per heavy atom. The molecule has 0 aliphatic rings. The third-order valence-corrected chi connectivity index (χ3v) is 4.80. The molecule has 23 heavy (non-hydrogen) atoms. The van der Waals surface area contributed by atoms with Gasteiger partial charge < -0.3 is 9.16 Å². The van der Waals surface area contributed by atoms with Crippen LogP contribution in [0.2, 0.25) is 18.1 Å². The van der Waals surface area contributed by atoms with Gasteiger partial charge in [0, 0.05) is 23.1 Å². The van der Waals surface area contributed by atoms with Gasteiger partial charge in [-0.05, 0) is 37.6 Å². The van der Waals surface area contributed by atoms with Gasteiger partial charge in [-0.15, -0.1) is 0 Å². The second kappa shape index (κ2) is 8.26. The Morgan fingerprint density at radius 3 is 2.43 bits per heavy atom. The Kier molecular flexibility index (Phi) is 7.23. The van der Waals surface area contributed by atoms with E-state index in [2.05, 4.69) is 13.1 Å². The summed E-state index contributed by atoms with van der Waals surface area (Å²) in [5.74, 6) is -1.53. The normalized spacial score (nSPS) is 13.3. The SMILES string of the molecule is CCOC(=O)c1ccc(Cl)c(C(CO[SiH](C)C)C(C)(C)C)c1F. The maximum atomic E-state index is 15.0. The topological polar surface area (TPSA) is 35.5 Å². The van der Waals surface area contributed by atoms with Gasteiger partial charge in [0.05, 0.1) is 12.2 Å². The number of rotatable bonds is 6. The van der Waals surface area contributed by atoms with E-state index >= 15 is 0 Å². The van der Waals surface area contributed by atoms with E-state index in [9.17, 15) is 9.18 Å². The van der Waals surface area contributed by atoms with Crippen LogP contribution in [0.3, 0.4) is 0 Å². The van der Waals surface area contributed by atoms with Crippen LogP contribution in [0.5, 0.6) is 0 Å². The summed E-state index contributed by atoms with van der Waals surface area (Å²) in [5.41, 5.74) is -0.0113. The van der Waals surface area contributed by atoms with Gasteiger partial charge in [0.25, 0.3) is 0 Å². The first-order valence-corrected chi connectivity index (χ1v) is 11.0. The van der Waals surface area contributed by atoms with Crippen LogP contribution in [0.1, 0.15) is 49.5 Å². The van der Waals surface area contributed by atoms with Crippen LogP contribution < -0.4 is 0 Å². The van der Waals surface area contributed by atoms with Crippen molar-refractivity contribution in [3.63, 3.8) is 0 Å². The number of carbonyl (C=O) groups excluding carboxylic acids is 1. The molecule has 0 spiro atoms. The third-order valence-electron chi connectivity index (χ3n) is 3.61. The molecule has 0 saturated carbocycles. The summed E-state index contributed by atoms with van der Waals surface area (Å²) in [5, 5.41) is 0.310. The van der Waals surface area contributed by atoms with E-state index in [1.54, 1.807) is 13.0 Å². The van der Waals surface area contributed by atoms with E-state index in [1.807, 2.05) is 20.8 Å². The van der Waals surface area contributed by atoms with Gasteiger partial charge >= 0.3 is 5.97 Å². The Morgan fingerprint density at radius 1 is 1.35 bits per heavy atom. The average Bonchev–Trinajstić information content (AvgIpc) is 2.40. The fraction of sp³-hybridized carbons (Fsp3) is 0.588. The van der Waals surface area contributed by atoms with E-state index in [-0.39, 0.29) is 23.5 Å². The quantitative estimate of drug-likeness (QED) is 0.540. The summed E-state index contributed by atoms with van der Waals surface area (Å²) >= 11 is 6.26. The van der Waals surface area contributed by atoms with Crippen LogP contribution in [-0.4, -0.2) is 28.2 Å². The second-order valence-corrected chi connectivity index (χ2v) is 9.68. The van der Waals surface area contributed by atoms with Gasteiger partial charge in [-0.1, -0.05) is 32.4 Å². The minimum absolute atomic E-state index is 0.0812. The summed E-state index contributed by atoms with van der Waals surface area (Å²) in [6.45, 7) is 12.4. The minimum atomic E-state index is -1.25. The first kappa shape index (κ1) is 20.1. The molecule has 0 aromatic heterocycles. The Hall–Kier alpha value is -0.913. The highest BCUT2D eigenvalue weighted by Gasteiger charge is 2.33. The highest BCUT2D eigenvalue weighted by molar-refractivity contribution is 6.48. The van der Waals surface area contributed by atoms with Crippen LogP contribution in [-0.2, 0) is 9.16 Å². The molecule has 1 rings (SSSR count). The molecule has 6 heteroatoms. The number of hydrogen-bond donors (Lipinski definition) is 0. The van der Waals surface area contributed by atoms with Gasteiger partial charge in [-0.25, -0.2) is 9.18 Å². The van der Waals surface area contributed by atoms with Gasteiger partial charge in [0.1, 0.15) is 5.82 Å². The lowest BCUT2D eigenvalue weighted by Gasteiger charge is -2.33. The van der Waals surface area contributed by atoms with Crippen LogP contribution in [0.25, 0.3) is 0 Å². The van der Waals surface area contributed by atoms with Crippen LogP contribution in [0.15, 0.2) is 12.1 Å². The zero-order valence-corrected chi connectivity index (χ0v) is 16.6. The van der Waals surface area contributed by atoms with Crippen molar-refractivity contribution < 1.29 is 18.3 Å². The fourth-order valence-electron chi connectivity index (χ4n) is 2.31. The Bertz CT molecular complexity index is 556. The summed E-state index contributed by atoms with van der Waals surface area (Å²) in [6.07, 6.45) is 0. The maximum Gasteiger partial charge on any atom is 0.341 e. The number of esters is 1. The molecular formula is C17H26ClFO3Si. The largest absolute Gasteiger partial charge is 0.462 e. The molecule has 1 atom stereocenters. The summed E-state index contributed by atoms with van der Waals surface area (Å²) in [4.78, 5) is 11.9. The smallest absolute Gasteiger partial charge is 0.341 e. The van der Waals surface area contributed by atoms with Crippen molar-refractivity contribution in [2.24, 2.45) is 5.41 Å². The molecule has 0 N–H and O–H groups in total. The molecule has 0 aliphatic heterocycles. The Balaban J connectivity index is 3.35. The monoisotopic (exact) mass is 360 g/mol. The second-order valence-electron chi connectivity index (χ2n) is 6.84. The number of hydrogen-bond acceptors (Lipinski definition) is 3. The lowest BCUT2D eigenvalue weighted by Crippen LogP contribution is -2.27. The molecule has 130 valence electrons. The van der Waals surface area contributed by atoms with E-state index in [4.69, 9.17) is 20.8 Å². The molecule has 0 amide bonds. The molecule has 0 fully saturated rings. The number of carbonyl (C=O) groups is 1. The van der Waals surface area contributed by atoms with E-state index in [0.29, 0.717) is 17.2 Å². The van der Waals surface area contributed by atoms with Gasteiger partial charge in [-0.2, -0.15) is 0 Å². The van der Waals surface area contributed by atoms with Crippen molar-refractivity contribution in [1.29, 1.82) is 0 Å². The van der Waals surface area contributed by atoms with Gasteiger partial charge in [0.2, 0.25) is 0 Å². The standard InChI is InChI=1S/C17H26ClFO3Si/c1-7-21-16(20)11-8-9-13(18)14(15(11)19)12(17(2,3)4)10-22-23(5)6/h8-9,12,23H,7,10H2,1-6H3. The van der Waals surface area contributed by atoms with E-state index in [1.165, 1.54) is 6.07 Å². The zero-order chi connectivity index (χ0) is 17.8. The molecule has 3 nitrogen and oxygen atoms in total. The molecule has 1 aromatic rings. The molecule has 0 aliphatic carbocycles. The molecule has 0 heterocycles. The lowest BCUT2D eigenvalue weighted by atomic mass is 9.76. The first-order valence-electron chi connectivity index (χ1n) is 7.86. The number of ether oxygens (including phenoxy) is 1. The van der Waals surface area contributed by atoms with E-state index in [0.717, 1.165) is 0 Å². The Labute approximate surface area is 144 Å². The fourth-order valence-corrected chi connectivity index (χ4v) is 3.17. The predicted octanol–water partition coefficient (Wildman–Crippen LogP) is 4.79. The van der Waals surface area contributed by atoms with Crippen LogP contribution >= 0.6 is 11.6 Å². The molecule has 1 aromatic carbocycles. The minimum Gasteiger partial charge on any atom is -0.462 e. The van der Waals surface area contributed by atoms with Crippen molar-refractivity contribution in [2.75, 3.05) is 13.2 Å². The van der Waals surface area contributed by atoms with Crippen molar-refractivity contribution >= 4 is 26.6 Å². The van der Waals surface area contributed by atoms with Crippen LogP contribution in [0, 0.1) is 11.2 Å². The number of halogens is 2. The third kappa shape index (κ3) is 5.30. The van der Waals surface area contributed by atoms with Crippen molar-refractivity contribution in [3.05, 3.63) is 34.1 Å². The lowest BCUT2D eigenvalue weighted by molar-refractivity contribution is 0.0520. The van der Waals surface area contributed by atoms with Crippen molar-refractivity contribution in [3.8, 4) is 0 Å². The summed E-state index contributed by atoms with van der Waals surface area (Å²) < 4.78 is 25.7. The summed E-state index contributed by atoms with van der Waals surface area (Å²) in [6, 6.07) is 2.93. The number of benzene rings is 1. The first-order chi connectivity index (χ1) is 10.6.